The molecule has 0 saturated carbocycles. The Kier molecular flexibility index (Phi) is 5.36. The molecule has 16 heavy (non-hydrogen) atoms. The van der Waals surface area contributed by atoms with Crippen molar-refractivity contribution in [3.8, 4) is 6.07 Å². The minimum absolute atomic E-state index is 0.331. The number of esters is 1. The second-order valence-corrected chi connectivity index (χ2v) is 4.57. The molecular weight excluding hydrogens is 216 g/mol. The molecule has 0 aliphatic rings. The van der Waals surface area contributed by atoms with E-state index in [0.29, 0.717) is 0 Å². The number of ether oxygens (including phenoxy) is 1. The predicted molar refractivity (Wildman–Crippen MR) is 55.1 cm³/mol. The van der Waals surface area contributed by atoms with Gasteiger partial charge in [0.1, 0.15) is 5.60 Å². The average Bonchev–Trinajstić information content (AvgIpc) is 2.14. The van der Waals surface area contributed by atoms with Gasteiger partial charge in [0.25, 0.3) is 0 Å². The lowest BCUT2D eigenvalue weighted by Gasteiger charge is -2.27. The highest BCUT2D eigenvalue weighted by Gasteiger charge is 2.41. The lowest BCUT2D eigenvalue weighted by Crippen LogP contribution is -2.37. The van der Waals surface area contributed by atoms with Crippen molar-refractivity contribution in [2.45, 2.75) is 39.2 Å². The molecule has 0 radical (unpaired) electrons. The van der Waals surface area contributed by atoms with Gasteiger partial charge in [-0.3, -0.25) is 13.6 Å². The van der Waals surface area contributed by atoms with Crippen LogP contribution in [0.4, 0.5) is 8.78 Å². The van der Waals surface area contributed by atoms with Crippen molar-refractivity contribution in [2.24, 2.45) is 5.41 Å². The summed E-state index contributed by atoms with van der Waals surface area (Å²) in [5, 5.41) is 8.92. The Hall–Kier alpha value is -1.18. The fourth-order valence-electron chi connectivity index (χ4n) is 1.18. The van der Waals surface area contributed by atoms with Crippen molar-refractivity contribution in [2.75, 3.05) is 13.3 Å². The van der Waals surface area contributed by atoms with Gasteiger partial charge in [0.15, 0.2) is 5.41 Å². The Morgan fingerprint density at radius 3 is 1.94 bits per heavy atom. The summed E-state index contributed by atoms with van der Waals surface area (Å²) in [4.78, 5) is 11.7. The second-order valence-electron chi connectivity index (χ2n) is 4.57. The first-order chi connectivity index (χ1) is 7.31. The first-order valence-electron chi connectivity index (χ1n) is 5.08. The molecule has 0 rings (SSSR count). The monoisotopic (exact) mass is 233 g/mol. The Morgan fingerprint density at radius 1 is 1.25 bits per heavy atom. The Balaban J connectivity index is 4.89. The fraction of sp³-hybridized carbons (Fsp3) is 0.818. The van der Waals surface area contributed by atoms with Gasteiger partial charge in [0, 0.05) is 12.8 Å². The van der Waals surface area contributed by atoms with Crippen LogP contribution in [-0.4, -0.2) is 24.9 Å². The van der Waals surface area contributed by atoms with Crippen molar-refractivity contribution in [1.82, 2.24) is 0 Å². The van der Waals surface area contributed by atoms with E-state index in [1.807, 2.05) is 0 Å². The predicted octanol–water partition coefficient (Wildman–Crippen LogP) is 2.56. The van der Waals surface area contributed by atoms with Crippen LogP contribution < -0.4 is 0 Å². The van der Waals surface area contributed by atoms with Crippen LogP contribution in [0.15, 0.2) is 0 Å². The number of hydrogen-bond acceptors (Lipinski definition) is 3. The van der Waals surface area contributed by atoms with Gasteiger partial charge in [-0.1, -0.05) is 0 Å². The summed E-state index contributed by atoms with van der Waals surface area (Å²) in [6.07, 6.45) is -0.662. The molecule has 3 nitrogen and oxygen atoms in total. The summed E-state index contributed by atoms with van der Waals surface area (Å²) < 4.78 is 29.6. The van der Waals surface area contributed by atoms with Gasteiger partial charge in [-0.25, -0.2) is 0 Å². The maximum absolute atomic E-state index is 12.3. The maximum atomic E-state index is 12.3. The molecular formula is C11H17F2NO2. The lowest BCUT2D eigenvalue weighted by molar-refractivity contribution is -0.165. The molecule has 92 valence electrons. The second kappa shape index (κ2) is 5.78. The van der Waals surface area contributed by atoms with Crippen LogP contribution >= 0.6 is 0 Å². The first kappa shape index (κ1) is 14.8. The number of nitriles is 1. The molecule has 0 aromatic heterocycles. The zero-order valence-electron chi connectivity index (χ0n) is 9.85. The van der Waals surface area contributed by atoms with Crippen molar-refractivity contribution in [1.29, 1.82) is 5.26 Å². The van der Waals surface area contributed by atoms with Crippen molar-refractivity contribution in [3.05, 3.63) is 0 Å². The molecule has 0 fully saturated rings. The van der Waals surface area contributed by atoms with Crippen LogP contribution in [0.5, 0.6) is 0 Å². The van der Waals surface area contributed by atoms with E-state index >= 15 is 0 Å². The van der Waals surface area contributed by atoms with Crippen molar-refractivity contribution >= 4 is 5.97 Å². The molecule has 0 saturated heterocycles. The van der Waals surface area contributed by atoms with Gasteiger partial charge in [0.05, 0.1) is 19.4 Å². The number of nitrogens with zero attached hydrogens (tertiary/aromatic N) is 1. The molecule has 5 heteroatoms. The summed E-state index contributed by atoms with van der Waals surface area (Å²) in [5.74, 6) is -0.849. The Labute approximate surface area is 94.4 Å². The van der Waals surface area contributed by atoms with Crippen LogP contribution in [0.3, 0.4) is 0 Å². The standard InChI is InChI=1S/C11H17F2NO2/c1-10(2,3)16-9(15)11(8-14,4-6-12)5-7-13/h4-7H2,1-3H3. The van der Waals surface area contributed by atoms with E-state index in [-0.39, 0.29) is 12.8 Å². The smallest absolute Gasteiger partial charge is 0.327 e. The van der Waals surface area contributed by atoms with Gasteiger partial charge in [0.2, 0.25) is 0 Å². The van der Waals surface area contributed by atoms with Gasteiger partial charge in [-0.05, 0) is 20.8 Å². The highest BCUT2D eigenvalue weighted by molar-refractivity contribution is 5.80. The highest BCUT2D eigenvalue weighted by atomic mass is 19.1. The molecule has 0 aromatic carbocycles. The third-order valence-electron chi connectivity index (χ3n) is 2.05. The van der Waals surface area contributed by atoms with E-state index in [9.17, 15) is 13.6 Å². The van der Waals surface area contributed by atoms with Gasteiger partial charge >= 0.3 is 5.97 Å². The van der Waals surface area contributed by atoms with Crippen LogP contribution in [0.25, 0.3) is 0 Å². The largest absolute Gasteiger partial charge is 0.459 e. The zero-order chi connectivity index (χ0) is 12.8. The van der Waals surface area contributed by atoms with Crippen LogP contribution in [0, 0.1) is 16.7 Å². The number of halogens is 2. The molecule has 0 amide bonds. The minimum Gasteiger partial charge on any atom is -0.459 e. The van der Waals surface area contributed by atoms with E-state index < -0.39 is 30.3 Å². The molecule has 0 aliphatic heterocycles. The van der Waals surface area contributed by atoms with Crippen molar-refractivity contribution in [3.63, 3.8) is 0 Å². The third kappa shape index (κ3) is 4.13. The quantitative estimate of drug-likeness (QED) is 0.686. The SMILES string of the molecule is CC(C)(C)OC(=O)C(C#N)(CCF)CCF. The van der Waals surface area contributed by atoms with Gasteiger partial charge in [-0.2, -0.15) is 5.26 Å². The molecule has 0 heterocycles. The van der Waals surface area contributed by atoms with Crippen LogP contribution in [0.2, 0.25) is 0 Å². The van der Waals surface area contributed by atoms with Crippen LogP contribution in [0.1, 0.15) is 33.6 Å². The number of rotatable bonds is 5. The van der Waals surface area contributed by atoms with Crippen LogP contribution in [-0.2, 0) is 9.53 Å². The number of hydrogen-bond donors (Lipinski definition) is 0. The van der Waals surface area contributed by atoms with E-state index in [0.717, 1.165) is 0 Å². The lowest BCUT2D eigenvalue weighted by atomic mass is 9.83. The zero-order valence-corrected chi connectivity index (χ0v) is 9.85. The number of carbonyl (C=O) groups is 1. The van der Waals surface area contributed by atoms with E-state index in [2.05, 4.69) is 0 Å². The summed E-state index contributed by atoms with van der Waals surface area (Å²) in [6.45, 7) is 3.20. The molecule has 0 atom stereocenters. The Bertz CT molecular complexity index is 273. The molecule has 0 aromatic rings. The van der Waals surface area contributed by atoms with E-state index in [4.69, 9.17) is 10.00 Å². The van der Waals surface area contributed by atoms with Gasteiger partial charge < -0.3 is 4.74 Å². The molecule has 0 aliphatic carbocycles. The maximum Gasteiger partial charge on any atom is 0.327 e. The minimum atomic E-state index is -1.70. The molecule has 0 unspecified atom stereocenters. The summed E-state index contributed by atoms with van der Waals surface area (Å²) in [7, 11) is 0. The number of carbonyl (C=O) groups excluding carboxylic acids is 1. The summed E-state index contributed by atoms with van der Waals surface area (Å²) in [6, 6.07) is 1.69. The van der Waals surface area contributed by atoms with E-state index in [1.165, 1.54) is 0 Å². The summed E-state index contributed by atoms with van der Waals surface area (Å²) >= 11 is 0. The molecule has 0 bridgehead atoms. The average molecular weight is 233 g/mol. The molecule has 0 N–H and O–H groups in total. The van der Waals surface area contributed by atoms with E-state index in [1.54, 1.807) is 26.8 Å². The normalized spacial score (nSPS) is 12.0. The number of alkyl halides is 2. The molecule has 0 spiro atoms. The fourth-order valence-corrected chi connectivity index (χ4v) is 1.18. The first-order valence-corrected chi connectivity index (χ1v) is 5.08. The Morgan fingerprint density at radius 2 is 1.69 bits per heavy atom. The third-order valence-corrected chi connectivity index (χ3v) is 2.05. The van der Waals surface area contributed by atoms with Crippen molar-refractivity contribution < 1.29 is 18.3 Å². The van der Waals surface area contributed by atoms with Gasteiger partial charge in [-0.15, -0.1) is 0 Å². The topological polar surface area (TPSA) is 50.1 Å². The highest BCUT2D eigenvalue weighted by Crippen LogP contribution is 2.30. The summed E-state index contributed by atoms with van der Waals surface area (Å²) in [5.41, 5.74) is -2.47.